The van der Waals surface area contributed by atoms with Gasteiger partial charge in [0.25, 0.3) is 5.69 Å². The van der Waals surface area contributed by atoms with Crippen molar-refractivity contribution in [3.8, 4) is 5.75 Å². The molecule has 0 aromatic heterocycles. The van der Waals surface area contributed by atoms with Gasteiger partial charge in [-0.15, -0.1) is 24.0 Å². The maximum atomic E-state index is 14.1. The van der Waals surface area contributed by atoms with Crippen LogP contribution in [0.5, 0.6) is 5.75 Å². The molecule has 2 aromatic rings. The van der Waals surface area contributed by atoms with Crippen LogP contribution in [0, 0.1) is 21.8 Å². The van der Waals surface area contributed by atoms with Crippen molar-refractivity contribution < 1.29 is 18.8 Å². The number of ether oxygens (including phenoxy) is 2. The second-order valence-corrected chi connectivity index (χ2v) is 7.50. The Morgan fingerprint density at radius 2 is 2.03 bits per heavy atom. The van der Waals surface area contributed by atoms with Gasteiger partial charge in [0.05, 0.1) is 25.2 Å². The fourth-order valence-electron chi connectivity index (χ4n) is 3.34. The van der Waals surface area contributed by atoms with Crippen LogP contribution in [0.3, 0.4) is 0 Å². The minimum atomic E-state index is -0.425. The summed E-state index contributed by atoms with van der Waals surface area (Å²) in [4.78, 5) is 17.0. The van der Waals surface area contributed by atoms with Crippen molar-refractivity contribution >= 4 is 35.6 Å². The maximum Gasteiger partial charge on any atom is 0.269 e. The number of nitrogens with one attached hydrogen (secondary N) is 1. The van der Waals surface area contributed by atoms with Gasteiger partial charge in [-0.25, -0.2) is 9.38 Å². The molecule has 1 saturated heterocycles. The van der Waals surface area contributed by atoms with Crippen molar-refractivity contribution in [3.63, 3.8) is 0 Å². The van der Waals surface area contributed by atoms with Crippen molar-refractivity contribution in [3.05, 3.63) is 69.5 Å². The van der Waals surface area contributed by atoms with Crippen molar-refractivity contribution in [1.29, 1.82) is 0 Å². The van der Waals surface area contributed by atoms with Gasteiger partial charge >= 0.3 is 0 Å². The molecule has 174 valence electrons. The molecule has 8 nitrogen and oxygen atoms in total. The van der Waals surface area contributed by atoms with Crippen molar-refractivity contribution in [2.75, 3.05) is 33.9 Å². The van der Waals surface area contributed by atoms with E-state index in [1.54, 1.807) is 18.2 Å². The van der Waals surface area contributed by atoms with Crippen LogP contribution in [-0.4, -0.2) is 49.7 Å². The zero-order valence-electron chi connectivity index (χ0n) is 18.1. The quantitative estimate of drug-likeness (QED) is 0.174. The molecule has 32 heavy (non-hydrogen) atoms. The van der Waals surface area contributed by atoms with E-state index in [4.69, 9.17) is 9.47 Å². The minimum absolute atomic E-state index is 0. The van der Waals surface area contributed by atoms with Crippen molar-refractivity contribution in [2.24, 2.45) is 10.9 Å². The Morgan fingerprint density at radius 3 is 2.62 bits per heavy atom. The van der Waals surface area contributed by atoms with E-state index in [0.717, 1.165) is 37.3 Å². The summed E-state index contributed by atoms with van der Waals surface area (Å²) < 4.78 is 24.5. The maximum absolute atomic E-state index is 14.1. The molecule has 1 atom stereocenters. The summed E-state index contributed by atoms with van der Waals surface area (Å²) in [5.41, 5.74) is 1.69. The highest BCUT2D eigenvalue weighted by molar-refractivity contribution is 14.0. The highest BCUT2D eigenvalue weighted by atomic mass is 127. The van der Waals surface area contributed by atoms with Gasteiger partial charge < -0.3 is 19.7 Å². The molecule has 0 saturated carbocycles. The first kappa shape index (κ1) is 25.8. The number of aliphatic imine (C=N–C) groups is 1. The zero-order chi connectivity index (χ0) is 22.2. The number of benzene rings is 2. The first-order chi connectivity index (χ1) is 15.0. The van der Waals surface area contributed by atoms with E-state index in [0.29, 0.717) is 25.0 Å². The van der Waals surface area contributed by atoms with E-state index in [-0.39, 0.29) is 35.4 Å². The number of halogens is 2. The van der Waals surface area contributed by atoms with E-state index in [9.17, 15) is 14.5 Å². The monoisotopic (exact) mass is 558 g/mol. The molecule has 1 aliphatic heterocycles. The second kappa shape index (κ2) is 12.5. The molecule has 1 unspecified atom stereocenters. The molecule has 0 aliphatic carbocycles. The molecule has 1 fully saturated rings. The van der Waals surface area contributed by atoms with E-state index < -0.39 is 10.7 Å². The number of non-ortho nitro benzene ring substituents is 1. The van der Waals surface area contributed by atoms with Crippen LogP contribution >= 0.6 is 24.0 Å². The molecule has 10 heteroatoms. The zero-order valence-corrected chi connectivity index (χ0v) is 20.5. The predicted octanol–water partition coefficient (Wildman–Crippen LogP) is 3.97. The summed E-state index contributed by atoms with van der Waals surface area (Å²) in [5, 5.41) is 14.2. The number of methoxy groups -OCH3 is 1. The van der Waals surface area contributed by atoms with E-state index in [1.165, 1.54) is 25.3 Å². The Kier molecular flexibility index (Phi) is 10.1. The van der Waals surface area contributed by atoms with Crippen LogP contribution in [0.1, 0.15) is 17.5 Å². The Balaban J connectivity index is 0.00000363. The van der Waals surface area contributed by atoms with E-state index in [2.05, 4.69) is 10.3 Å². The molecular weight excluding hydrogens is 530 g/mol. The lowest BCUT2D eigenvalue weighted by Crippen LogP contribution is -2.41. The standard InChI is InChI=1S/C22H27FN4O4.HI/c1-26(14-17-5-8-21(30-2)20(23)11-17)22(25-13-18-9-10-31-15-18)24-12-16-3-6-19(7-4-16)27(28)29;/h3-8,11,18H,9-10,12-15H2,1-2H3,(H,24,25);1H. The van der Waals surface area contributed by atoms with Crippen LogP contribution in [0.2, 0.25) is 0 Å². The topological polar surface area (TPSA) is 89.2 Å². The van der Waals surface area contributed by atoms with Gasteiger partial charge in [0.15, 0.2) is 17.5 Å². The average Bonchev–Trinajstić information content (AvgIpc) is 3.28. The molecule has 1 N–H and O–H groups in total. The molecule has 0 bridgehead atoms. The number of nitro groups is 1. The molecule has 0 spiro atoms. The Labute approximate surface area is 204 Å². The van der Waals surface area contributed by atoms with Gasteiger partial charge in [0, 0.05) is 44.8 Å². The number of hydrogen-bond acceptors (Lipinski definition) is 5. The van der Waals surface area contributed by atoms with Crippen LogP contribution < -0.4 is 10.1 Å². The van der Waals surface area contributed by atoms with Gasteiger partial charge in [-0.3, -0.25) is 10.1 Å². The van der Waals surface area contributed by atoms with Crippen molar-refractivity contribution in [2.45, 2.75) is 19.5 Å². The van der Waals surface area contributed by atoms with Crippen molar-refractivity contribution in [1.82, 2.24) is 10.2 Å². The first-order valence-corrected chi connectivity index (χ1v) is 10.1. The number of nitrogens with zero attached hydrogens (tertiary/aromatic N) is 3. The van der Waals surface area contributed by atoms with Gasteiger partial charge in [-0.1, -0.05) is 18.2 Å². The fraction of sp³-hybridized carbons (Fsp3) is 0.409. The minimum Gasteiger partial charge on any atom is -0.494 e. The summed E-state index contributed by atoms with van der Waals surface area (Å²) in [6.45, 7) is 3.02. The molecule has 0 radical (unpaired) electrons. The normalized spacial score (nSPS) is 15.7. The van der Waals surface area contributed by atoms with Crippen LogP contribution in [0.25, 0.3) is 0 Å². The third-order valence-corrected chi connectivity index (χ3v) is 5.13. The average molecular weight is 558 g/mol. The second-order valence-electron chi connectivity index (χ2n) is 7.50. The molecule has 3 rings (SSSR count). The van der Waals surface area contributed by atoms with E-state index in [1.807, 2.05) is 18.0 Å². The third kappa shape index (κ3) is 7.30. The van der Waals surface area contributed by atoms with Gasteiger partial charge in [-0.05, 0) is 29.7 Å². The lowest BCUT2D eigenvalue weighted by molar-refractivity contribution is -0.384. The molecular formula is C22H28FIN4O4. The lowest BCUT2D eigenvalue weighted by Gasteiger charge is -2.24. The highest BCUT2D eigenvalue weighted by Gasteiger charge is 2.17. The summed E-state index contributed by atoms with van der Waals surface area (Å²) >= 11 is 0. The molecule has 1 heterocycles. The lowest BCUT2D eigenvalue weighted by atomic mass is 10.1. The fourth-order valence-corrected chi connectivity index (χ4v) is 3.34. The summed E-state index contributed by atoms with van der Waals surface area (Å²) in [6, 6.07) is 11.2. The summed E-state index contributed by atoms with van der Waals surface area (Å²) in [6.07, 6.45) is 0.996. The number of hydrogen-bond donors (Lipinski definition) is 1. The van der Waals surface area contributed by atoms with Gasteiger partial charge in [0.2, 0.25) is 0 Å². The van der Waals surface area contributed by atoms with Gasteiger partial charge in [-0.2, -0.15) is 0 Å². The SMILES string of the molecule is COc1ccc(CN(C)C(=NCc2ccc([N+](=O)[O-])cc2)NCC2CCOC2)cc1F.I. The molecule has 0 amide bonds. The van der Waals surface area contributed by atoms with Crippen LogP contribution in [0.4, 0.5) is 10.1 Å². The molecule has 2 aromatic carbocycles. The number of nitro benzene ring substituents is 1. The third-order valence-electron chi connectivity index (χ3n) is 5.13. The van der Waals surface area contributed by atoms with E-state index >= 15 is 0 Å². The number of guanidine groups is 1. The smallest absolute Gasteiger partial charge is 0.269 e. The predicted molar refractivity (Wildman–Crippen MR) is 131 cm³/mol. The van der Waals surface area contributed by atoms with Gasteiger partial charge in [0.1, 0.15) is 0 Å². The first-order valence-electron chi connectivity index (χ1n) is 10.1. The Morgan fingerprint density at radius 1 is 1.31 bits per heavy atom. The highest BCUT2D eigenvalue weighted by Crippen LogP contribution is 2.19. The number of rotatable bonds is 8. The molecule has 1 aliphatic rings. The Hall–Kier alpha value is -2.47. The van der Waals surface area contributed by atoms with Crippen LogP contribution in [0.15, 0.2) is 47.5 Å². The van der Waals surface area contributed by atoms with Crippen LogP contribution in [-0.2, 0) is 17.8 Å². The Bertz CT molecular complexity index is 921. The summed E-state index contributed by atoms with van der Waals surface area (Å²) in [5.74, 6) is 0.879. The largest absolute Gasteiger partial charge is 0.494 e. The summed E-state index contributed by atoms with van der Waals surface area (Å²) in [7, 11) is 3.32.